The van der Waals surface area contributed by atoms with Crippen LogP contribution in [0.1, 0.15) is 26.5 Å². The number of carboxylic acids is 1. The minimum atomic E-state index is -0.997. The van der Waals surface area contributed by atoms with Crippen LogP contribution in [-0.2, 0) is 11.2 Å². The fourth-order valence-electron chi connectivity index (χ4n) is 2.49. The molecule has 0 fully saturated rings. The Hall–Kier alpha value is -3.74. The monoisotopic (exact) mass is 364 g/mol. The van der Waals surface area contributed by atoms with Gasteiger partial charge in [-0.3, -0.25) is 4.99 Å². The van der Waals surface area contributed by atoms with E-state index in [9.17, 15) is 9.59 Å². The van der Waals surface area contributed by atoms with Crippen molar-refractivity contribution < 1.29 is 24.0 Å². The third-order valence-corrected chi connectivity index (χ3v) is 3.83. The molecule has 0 aliphatic rings. The lowest BCUT2D eigenvalue weighted by Gasteiger charge is -2.01. The lowest BCUT2D eigenvalue weighted by atomic mass is 10.1. The number of aromatic nitrogens is 1. The minimum absolute atomic E-state index is 0.185. The van der Waals surface area contributed by atoms with Gasteiger partial charge < -0.3 is 14.4 Å². The SMILES string of the molecule is COC(=O)c1c(-c2ccccc2)noc1CC=Nc1ccc(C(=O)O)cc1. The van der Waals surface area contributed by atoms with Crippen molar-refractivity contribution in [2.75, 3.05) is 7.11 Å². The van der Waals surface area contributed by atoms with Crippen molar-refractivity contribution in [1.29, 1.82) is 0 Å². The number of ether oxygens (including phenoxy) is 1. The molecule has 0 saturated heterocycles. The molecule has 3 aromatic rings. The molecule has 0 aliphatic carbocycles. The molecule has 0 spiro atoms. The van der Waals surface area contributed by atoms with Crippen molar-refractivity contribution in [2.24, 2.45) is 4.99 Å². The molecular weight excluding hydrogens is 348 g/mol. The van der Waals surface area contributed by atoms with Gasteiger partial charge >= 0.3 is 11.9 Å². The first-order valence-electron chi connectivity index (χ1n) is 8.08. The maximum Gasteiger partial charge on any atom is 0.343 e. The Morgan fingerprint density at radius 3 is 2.48 bits per heavy atom. The average molecular weight is 364 g/mol. The molecule has 0 saturated carbocycles. The predicted octanol–water partition coefficient (Wildman–Crippen LogP) is 3.77. The molecule has 27 heavy (non-hydrogen) atoms. The van der Waals surface area contributed by atoms with Gasteiger partial charge in [0.1, 0.15) is 11.3 Å². The standard InChI is InChI=1S/C20H16N2O5/c1-26-20(25)17-16(27-22-18(17)13-5-3-2-4-6-13)11-12-21-15-9-7-14(8-10-15)19(23)24/h2-10,12H,11H2,1H3,(H,23,24). The van der Waals surface area contributed by atoms with Crippen LogP contribution in [0.25, 0.3) is 11.3 Å². The number of esters is 1. The average Bonchev–Trinajstić information content (AvgIpc) is 3.12. The van der Waals surface area contributed by atoms with Gasteiger partial charge in [0.15, 0.2) is 5.76 Å². The molecule has 3 rings (SSSR count). The minimum Gasteiger partial charge on any atom is -0.478 e. The summed E-state index contributed by atoms with van der Waals surface area (Å²) in [5.74, 6) is -1.20. The summed E-state index contributed by atoms with van der Waals surface area (Å²) < 4.78 is 10.2. The van der Waals surface area contributed by atoms with Crippen LogP contribution in [0.2, 0.25) is 0 Å². The Labute approximate surface area is 154 Å². The van der Waals surface area contributed by atoms with Crippen LogP contribution < -0.4 is 0 Å². The Balaban J connectivity index is 1.83. The van der Waals surface area contributed by atoms with E-state index in [0.717, 1.165) is 5.56 Å². The molecule has 0 bridgehead atoms. The smallest absolute Gasteiger partial charge is 0.343 e. The molecule has 0 radical (unpaired) electrons. The zero-order valence-electron chi connectivity index (χ0n) is 14.5. The Morgan fingerprint density at radius 2 is 1.85 bits per heavy atom. The fourth-order valence-corrected chi connectivity index (χ4v) is 2.49. The van der Waals surface area contributed by atoms with E-state index in [1.54, 1.807) is 18.3 Å². The van der Waals surface area contributed by atoms with E-state index in [1.807, 2.05) is 30.3 Å². The maximum atomic E-state index is 12.2. The number of nitrogens with zero attached hydrogens (tertiary/aromatic N) is 2. The van der Waals surface area contributed by atoms with E-state index in [4.69, 9.17) is 14.4 Å². The number of methoxy groups -OCH3 is 1. The zero-order valence-corrected chi connectivity index (χ0v) is 14.5. The number of hydrogen-bond acceptors (Lipinski definition) is 6. The highest BCUT2D eigenvalue weighted by atomic mass is 16.5. The van der Waals surface area contributed by atoms with Gasteiger partial charge in [-0.05, 0) is 24.3 Å². The number of aromatic carboxylic acids is 1. The van der Waals surface area contributed by atoms with E-state index in [-0.39, 0.29) is 17.5 Å². The van der Waals surface area contributed by atoms with Gasteiger partial charge in [0, 0.05) is 18.2 Å². The van der Waals surface area contributed by atoms with Crippen LogP contribution in [0.15, 0.2) is 64.1 Å². The molecule has 2 aromatic carbocycles. The largest absolute Gasteiger partial charge is 0.478 e. The van der Waals surface area contributed by atoms with Crippen LogP contribution in [0.4, 0.5) is 5.69 Å². The van der Waals surface area contributed by atoms with Crippen molar-refractivity contribution in [3.8, 4) is 11.3 Å². The maximum absolute atomic E-state index is 12.2. The normalized spacial score (nSPS) is 10.9. The highest BCUT2D eigenvalue weighted by molar-refractivity contribution is 5.97. The van der Waals surface area contributed by atoms with Gasteiger partial charge in [-0.15, -0.1) is 0 Å². The van der Waals surface area contributed by atoms with Gasteiger partial charge in [0.25, 0.3) is 0 Å². The second-order valence-electron chi connectivity index (χ2n) is 5.55. The van der Waals surface area contributed by atoms with Crippen LogP contribution in [-0.4, -0.2) is 35.5 Å². The quantitative estimate of drug-likeness (QED) is 0.528. The number of carbonyl (C=O) groups excluding carboxylic acids is 1. The zero-order chi connectivity index (χ0) is 19.2. The summed E-state index contributed by atoms with van der Waals surface area (Å²) in [5.41, 5.74) is 2.19. The van der Waals surface area contributed by atoms with Gasteiger partial charge in [-0.1, -0.05) is 35.5 Å². The predicted molar refractivity (Wildman–Crippen MR) is 98.5 cm³/mol. The van der Waals surface area contributed by atoms with Gasteiger partial charge in [0.05, 0.1) is 18.4 Å². The molecule has 1 heterocycles. The second-order valence-corrected chi connectivity index (χ2v) is 5.55. The number of carboxylic acid groups (broad SMARTS) is 1. The van der Waals surface area contributed by atoms with Crippen LogP contribution in [0.5, 0.6) is 0 Å². The van der Waals surface area contributed by atoms with E-state index >= 15 is 0 Å². The van der Waals surface area contributed by atoms with Gasteiger partial charge in [-0.2, -0.15) is 0 Å². The van der Waals surface area contributed by atoms with E-state index in [2.05, 4.69) is 10.1 Å². The van der Waals surface area contributed by atoms with Crippen molar-refractivity contribution in [3.63, 3.8) is 0 Å². The lowest BCUT2D eigenvalue weighted by Crippen LogP contribution is -2.05. The summed E-state index contributed by atoms with van der Waals surface area (Å²) in [7, 11) is 1.30. The topological polar surface area (TPSA) is 102 Å². The van der Waals surface area contributed by atoms with Crippen molar-refractivity contribution in [1.82, 2.24) is 5.16 Å². The molecule has 0 amide bonds. The highest BCUT2D eigenvalue weighted by Gasteiger charge is 2.24. The summed E-state index contributed by atoms with van der Waals surface area (Å²) in [6, 6.07) is 15.3. The summed E-state index contributed by atoms with van der Waals surface area (Å²) >= 11 is 0. The van der Waals surface area contributed by atoms with E-state index in [1.165, 1.54) is 19.2 Å². The Bertz CT molecular complexity index is 975. The number of carbonyl (C=O) groups is 2. The third-order valence-electron chi connectivity index (χ3n) is 3.83. The molecular formula is C20H16N2O5. The van der Waals surface area contributed by atoms with Crippen LogP contribution >= 0.6 is 0 Å². The van der Waals surface area contributed by atoms with Crippen LogP contribution in [0, 0.1) is 0 Å². The first kappa shape index (κ1) is 18.1. The van der Waals surface area contributed by atoms with Crippen molar-refractivity contribution in [2.45, 2.75) is 6.42 Å². The number of benzene rings is 2. The summed E-state index contributed by atoms with van der Waals surface area (Å²) in [5, 5.41) is 12.9. The summed E-state index contributed by atoms with van der Waals surface area (Å²) in [4.78, 5) is 27.3. The van der Waals surface area contributed by atoms with Gasteiger partial charge in [0.2, 0.25) is 0 Å². The molecule has 1 N–H and O–H groups in total. The molecule has 0 atom stereocenters. The second kappa shape index (κ2) is 8.09. The molecule has 7 heteroatoms. The van der Waals surface area contributed by atoms with E-state index in [0.29, 0.717) is 17.1 Å². The third kappa shape index (κ3) is 4.09. The Morgan fingerprint density at radius 1 is 1.15 bits per heavy atom. The molecule has 1 aromatic heterocycles. The van der Waals surface area contributed by atoms with Crippen molar-refractivity contribution >= 4 is 23.8 Å². The first-order valence-corrected chi connectivity index (χ1v) is 8.08. The lowest BCUT2D eigenvalue weighted by molar-refractivity contribution is 0.0598. The van der Waals surface area contributed by atoms with Crippen LogP contribution in [0.3, 0.4) is 0 Å². The number of hydrogen-bond donors (Lipinski definition) is 1. The van der Waals surface area contributed by atoms with E-state index < -0.39 is 11.9 Å². The molecule has 0 unspecified atom stereocenters. The fraction of sp³-hybridized carbons (Fsp3) is 0.100. The molecule has 136 valence electrons. The Kier molecular flexibility index (Phi) is 5.41. The van der Waals surface area contributed by atoms with Crippen molar-refractivity contribution in [3.05, 3.63) is 71.5 Å². The molecule has 7 nitrogen and oxygen atoms in total. The van der Waals surface area contributed by atoms with Gasteiger partial charge in [-0.25, -0.2) is 9.59 Å². The number of aliphatic imine (C=N–C) groups is 1. The summed E-state index contributed by atoms with van der Waals surface area (Å²) in [6.07, 6.45) is 1.79. The summed E-state index contributed by atoms with van der Waals surface area (Å²) in [6.45, 7) is 0. The molecule has 0 aliphatic heterocycles. The first-order chi connectivity index (χ1) is 13.1. The number of rotatable bonds is 6. The highest BCUT2D eigenvalue weighted by Crippen LogP contribution is 2.26.